The van der Waals surface area contributed by atoms with E-state index in [2.05, 4.69) is 4.90 Å². The molecule has 0 unspecified atom stereocenters. The topological polar surface area (TPSA) is 26.7 Å². The van der Waals surface area contributed by atoms with Gasteiger partial charge in [-0.05, 0) is 46.7 Å². The molecule has 0 atom stereocenters. The van der Waals surface area contributed by atoms with Gasteiger partial charge in [-0.1, -0.05) is 11.6 Å². The summed E-state index contributed by atoms with van der Waals surface area (Å²) in [4.78, 5) is 4.15. The first-order valence-corrected chi connectivity index (χ1v) is 6.28. The molecule has 3 nitrogen and oxygen atoms in total. The molecule has 18 heavy (non-hydrogen) atoms. The van der Waals surface area contributed by atoms with E-state index in [9.17, 15) is 9.50 Å². The van der Waals surface area contributed by atoms with Crippen LogP contribution in [0.25, 0.3) is 0 Å². The highest BCUT2D eigenvalue weighted by Gasteiger charge is 2.10. The lowest BCUT2D eigenvalue weighted by Crippen LogP contribution is -2.23. The van der Waals surface area contributed by atoms with Gasteiger partial charge in [0.05, 0.1) is 5.02 Å². The zero-order valence-corrected chi connectivity index (χ0v) is 11.8. The van der Waals surface area contributed by atoms with E-state index in [-0.39, 0.29) is 10.8 Å². The molecule has 0 radical (unpaired) electrons. The molecular formula is C13H20ClFN2O. The Hall–Kier alpha value is -0.840. The Labute approximate surface area is 113 Å². The first-order chi connectivity index (χ1) is 8.40. The molecule has 102 valence electrons. The van der Waals surface area contributed by atoms with Gasteiger partial charge in [-0.2, -0.15) is 0 Å². The van der Waals surface area contributed by atoms with Crippen molar-refractivity contribution in [2.45, 2.75) is 13.0 Å². The highest BCUT2D eigenvalue weighted by molar-refractivity contribution is 6.32. The van der Waals surface area contributed by atoms with Gasteiger partial charge < -0.3 is 14.9 Å². The summed E-state index contributed by atoms with van der Waals surface area (Å²) in [5.41, 5.74) is 0.505. The lowest BCUT2D eigenvalue weighted by molar-refractivity contribution is 0.291. The minimum Gasteiger partial charge on any atom is -0.506 e. The van der Waals surface area contributed by atoms with E-state index in [1.165, 1.54) is 6.07 Å². The second-order valence-electron chi connectivity index (χ2n) is 4.79. The van der Waals surface area contributed by atoms with Crippen LogP contribution in [0.5, 0.6) is 5.75 Å². The molecule has 0 aliphatic carbocycles. The smallest absolute Gasteiger partial charge is 0.137 e. The monoisotopic (exact) mass is 274 g/mol. The van der Waals surface area contributed by atoms with Crippen molar-refractivity contribution >= 4 is 11.6 Å². The van der Waals surface area contributed by atoms with Gasteiger partial charge >= 0.3 is 0 Å². The van der Waals surface area contributed by atoms with Crippen molar-refractivity contribution in [3.05, 3.63) is 28.5 Å². The molecule has 1 N–H and O–H groups in total. The quantitative estimate of drug-likeness (QED) is 0.864. The van der Waals surface area contributed by atoms with E-state index in [4.69, 9.17) is 11.6 Å². The van der Waals surface area contributed by atoms with E-state index < -0.39 is 5.82 Å². The molecule has 0 heterocycles. The van der Waals surface area contributed by atoms with Gasteiger partial charge in [0.15, 0.2) is 0 Å². The summed E-state index contributed by atoms with van der Waals surface area (Å²) in [6.45, 7) is 2.37. The van der Waals surface area contributed by atoms with E-state index in [1.54, 1.807) is 0 Å². The largest absolute Gasteiger partial charge is 0.506 e. The van der Waals surface area contributed by atoms with Crippen LogP contribution in [-0.4, -0.2) is 49.1 Å². The normalized spacial score (nSPS) is 11.5. The van der Waals surface area contributed by atoms with Crippen molar-refractivity contribution in [3.8, 4) is 5.75 Å². The Morgan fingerprint density at radius 1 is 1.22 bits per heavy atom. The summed E-state index contributed by atoms with van der Waals surface area (Å²) < 4.78 is 13.6. The van der Waals surface area contributed by atoms with E-state index >= 15 is 0 Å². The molecule has 1 aromatic carbocycles. The van der Waals surface area contributed by atoms with Crippen LogP contribution in [-0.2, 0) is 6.54 Å². The van der Waals surface area contributed by atoms with Crippen molar-refractivity contribution in [1.82, 2.24) is 9.80 Å². The molecule has 0 spiro atoms. The van der Waals surface area contributed by atoms with Crippen LogP contribution >= 0.6 is 11.6 Å². The maximum Gasteiger partial charge on any atom is 0.137 e. The van der Waals surface area contributed by atoms with Gasteiger partial charge in [0.25, 0.3) is 0 Å². The fourth-order valence-corrected chi connectivity index (χ4v) is 1.91. The fourth-order valence-electron chi connectivity index (χ4n) is 1.73. The molecule has 0 saturated heterocycles. The van der Waals surface area contributed by atoms with Crippen molar-refractivity contribution in [1.29, 1.82) is 0 Å². The predicted octanol–water partition coefficient (Wildman–Crippen LogP) is 2.57. The van der Waals surface area contributed by atoms with Crippen molar-refractivity contribution in [3.63, 3.8) is 0 Å². The minimum absolute atomic E-state index is 0.188. The van der Waals surface area contributed by atoms with Crippen molar-refractivity contribution in [2.24, 2.45) is 0 Å². The van der Waals surface area contributed by atoms with Crippen molar-refractivity contribution < 1.29 is 9.50 Å². The van der Waals surface area contributed by atoms with E-state index in [1.807, 2.05) is 26.0 Å². The first-order valence-electron chi connectivity index (χ1n) is 5.90. The number of hydrogen-bond donors (Lipinski definition) is 1. The minimum atomic E-state index is -0.420. The zero-order valence-electron chi connectivity index (χ0n) is 11.1. The van der Waals surface area contributed by atoms with Crippen LogP contribution in [0.4, 0.5) is 4.39 Å². The van der Waals surface area contributed by atoms with Crippen LogP contribution < -0.4 is 0 Å². The molecule has 5 heteroatoms. The molecule has 0 aromatic heterocycles. The summed E-state index contributed by atoms with van der Waals surface area (Å²) in [6, 6.07) is 2.54. The Morgan fingerprint density at radius 2 is 1.89 bits per heavy atom. The summed E-state index contributed by atoms with van der Waals surface area (Å²) in [5, 5.41) is 9.46. The van der Waals surface area contributed by atoms with Gasteiger partial charge in [-0.15, -0.1) is 0 Å². The Bertz CT molecular complexity index is 399. The molecule has 0 amide bonds. The van der Waals surface area contributed by atoms with Crippen LogP contribution in [0.1, 0.15) is 12.0 Å². The second-order valence-corrected chi connectivity index (χ2v) is 5.20. The first kappa shape index (κ1) is 15.2. The Balaban J connectivity index is 2.54. The fraction of sp³-hybridized carbons (Fsp3) is 0.538. The van der Waals surface area contributed by atoms with Crippen LogP contribution in [0.3, 0.4) is 0 Å². The number of rotatable bonds is 6. The second kappa shape index (κ2) is 6.92. The van der Waals surface area contributed by atoms with Crippen LogP contribution in [0.15, 0.2) is 12.1 Å². The molecular weight excluding hydrogens is 255 g/mol. The molecule has 0 aliphatic heterocycles. The third-order valence-corrected chi connectivity index (χ3v) is 3.00. The van der Waals surface area contributed by atoms with Gasteiger partial charge in [-0.3, -0.25) is 0 Å². The van der Waals surface area contributed by atoms with Gasteiger partial charge in [0.1, 0.15) is 11.6 Å². The molecule has 0 fully saturated rings. The van der Waals surface area contributed by atoms with Crippen LogP contribution in [0, 0.1) is 5.82 Å². The van der Waals surface area contributed by atoms with Crippen molar-refractivity contribution in [2.75, 3.05) is 34.2 Å². The number of hydrogen-bond acceptors (Lipinski definition) is 3. The summed E-state index contributed by atoms with van der Waals surface area (Å²) in [6.07, 6.45) is 1.02. The summed E-state index contributed by atoms with van der Waals surface area (Å²) in [5.74, 6) is -0.635. The van der Waals surface area contributed by atoms with Gasteiger partial charge in [-0.25, -0.2) is 4.39 Å². The number of phenols is 1. The molecule has 0 saturated carbocycles. The summed E-state index contributed by atoms with van der Waals surface area (Å²) in [7, 11) is 5.99. The average molecular weight is 275 g/mol. The summed E-state index contributed by atoms with van der Waals surface area (Å²) >= 11 is 5.77. The third kappa shape index (κ3) is 4.80. The predicted molar refractivity (Wildman–Crippen MR) is 72.6 cm³/mol. The standard InChI is InChI=1S/C13H20ClFN2O/c1-16(2)5-4-6-17(3)9-10-7-11(14)13(18)8-12(10)15/h7-8,18H,4-6,9H2,1-3H3. The average Bonchev–Trinajstić information content (AvgIpc) is 2.25. The molecule has 1 rings (SSSR count). The maximum absolute atomic E-state index is 13.6. The van der Waals surface area contributed by atoms with Gasteiger partial charge in [0, 0.05) is 18.2 Å². The molecule has 0 bridgehead atoms. The van der Waals surface area contributed by atoms with E-state index in [0.717, 1.165) is 25.6 Å². The lowest BCUT2D eigenvalue weighted by atomic mass is 10.2. The lowest BCUT2D eigenvalue weighted by Gasteiger charge is -2.18. The van der Waals surface area contributed by atoms with Crippen LogP contribution in [0.2, 0.25) is 5.02 Å². The Morgan fingerprint density at radius 3 is 2.50 bits per heavy atom. The SMILES string of the molecule is CN(C)CCCN(C)Cc1cc(Cl)c(O)cc1F. The molecule has 1 aromatic rings. The number of nitrogens with zero attached hydrogens (tertiary/aromatic N) is 2. The number of phenolic OH excluding ortho intramolecular Hbond substituents is 1. The number of benzene rings is 1. The third-order valence-electron chi connectivity index (χ3n) is 2.70. The highest BCUT2D eigenvalue weighted by Crippen LogP contribution is 2.26. The van der Waals surface area contributed by atoms with E-state index in [0.29, 0.717) is 12.1 Å². The Kier molecular flexibility index (Phi) is 5.85. The number of aromatic hydroxyl groups is 1. The maximum atomic E-state index is 13.6. The highest BCUT2D eigenvalue weighted by atomic mass is 35.5. The van der Waals surface area contributed by atoms with Gasteiger partial charge in [0.2, 0.25) is 0 Å². The molecule has 0 aliphatic rings. The zero-order chi connectivity index (χ0) is 13.7. The number of halogens is 2.